The third-order valence-corrected chi connectivity index (χ3v) is 11.7. The van der Waals surface area contributed by atoms with Gasteiger partial charge in [-0.1, -0.05) is 13.8 Å². The highest BCUT2D eigenvalue weighted by Gasteiger charge is 2.78. The van der Waals surface area contributed by atoms with Crippen molar-refractivity contribution >= 4 is 5.97 Å². The Morgan fingerprint density at radius 3 is 2.47 bits per heavy atom. The van der Waals surface area contributed by atoms with E-state index in [2.05, 4.69) is 13.8 Å². The summed E-state index contributed by atoms with van der Waals surface area (Å²) in [5.74, 6) is -1.24. The zero-order valence-electron chi connectivity index (χ0n) is 21.7. The van der Waals surface area contributed by atoms with Crippen LogP contribution in [0.4, 0.5) is 0 Å². The van der Waals surface area contributed by atoms with Crippen LogP contribution in [0.25, 0.3) is 0 Å². The average molecular weight is 509 g/mol. The molecule has 0 aromatic rings. The fourth-order valence-electron chi connectivity index (χ4n) is 10.3. The molecule has 4 saturated carbocycles. The fraction of sp³-hybridized carbons (Fsp3) is 0.963. The molecule has 3 saturated heterocycles. The first-order chi connectivity index (χ1) is 17.2. The van der Waals surface area contributed by atoms with Crippen LogP contribution in [0, 0.1) is 34.5 Å². The lowest BCUT2D eigenvalue weighted by atomic mass is 9.42. The third-order valence-electron chi connectivity index (χ3n) is 11.7. The van der Waals surface area contributed by atoms with Crippen molar-refractivity contribution in [1.29, 1.82) is 0 Å². The lowest BCUT2D eigenvalue weighted by molar-refractivity contribution is -0.284. The van der Waals surface area contributed by atoms with E-state index in [1.807, 2.05) is 0 Å². The number of esters is 1. The van der Waals surface area contributed by atoms with Crippen LogP contribution in [-0.2, 0) is 38.0 Å². The first kappa shape index (κ1) is 24.2. The molecule has 7 rings (SSSR count). The third kappa shape index (κ3) is 2.94. The van der Waals surface area contributed by atoms with Crippen molar-refractivity contribution in [2.45, 2.75) is 95.1 Å². The van der Waals surface area contributed by atoms with Crippen LogP contribution in [0.1, 0.15) is 65.7 Å². The maximum Gasteiger partial charge on any atom is 0.302 e. The number of hydrogen-bond acceptors (Lipinski definition) is 9. The van der Waals surface area contributed by atoms with Gasteiger partial charge in [0.05, 0.1) is 19.3 Å². The monoisotopic (exact) mass is 508 g/mol. The van der Waals surface area contributed by atoms with Crippen molar-refractivity contribution in [1.82, 2.24) is 0 Å². The van der Waals surface area contributed by atoms with E-state index in [-0.39, 0.29) is 54.7 Å². The number of carbonyl (C=O) groups is 1. The number of aliphatic hydroxyl groups excluding tert-OH is 1. The lowest BCUT2D eigenvalue weighted by Crippen LogP contribution is -2.69. The van der Waals surface area contributed by atoms with Crippen LogP contribution in [-0.4, -0.2) is 73.9 Å². The van der Waals surface area contributed by atoms with Crippen LogP contribution in [0.5, 0.6) is 0 Å². The number of fused-ring (bicyclic) bond motifs is 7. The SMILES string of the molecule is CC(=O)O[C@@H]1C[C@@H]2CC3(CC[C@]2(C)C2C1C1CC[C@@]4(OCOC45COCO5)[C@@]1(C)C[C@@H]2O)OCCO3. The summed E-state index contributed by atoms with van der Waals surface area (Å²) in [6, 6.07) is 0. The van der Waals surface area contributed by atoms with E-state index < -0.39 is 28.7 Å². The standard InChI is InChI=1S/C27H40O9/c1-16(28)36-20-10-17-11-25(31-8-9-32-25)7-6-23(17,2)22-19(29)12-24(3)18(21(20)22)4-5-26(24)27(35-15-33-26)13-30-14-34-27/h17-22,29H,4-15H2,1-3H3/t17-,18?,19+,20-,21?,22?,23+,24+,26-,27?/m1/s1. The molecule has 3 spiro atoms. The van der Waals surface area contributed by atoms with E-state index >= 15 is 0 Å². The Morgan fingerprint density at radius 1 is 0.972 bits per heavy atom. The number of aliphatic hydroxyl groups is 1. The largest absolute Gasteiger partial charge is 0.462 e. The van der Waals surface area contributed by atoms with Crippen LogP contribution < -0.4 is 0 Å². The maximum absolute atomic E-state index is 12.4. The Bertz CT molecular complexity index is 907. The van der Waals surface area contributed by atoms with Crippen LogP contribution >= 0.6 is 0 Å². The van der Waals surface area contributed by atoms with Crippen molar-refractivity contribution in [2.75, 3.05) is 33.4 Å². The van der Waals surface area contributed by atoms with Crippen molar-refractivity contribution in [2.24, 2.45) is 34.5 Å². The number of carbonyl (C=O) groups excluding carboxylic acids is 1. The second-order valence-corrected chi connectivity index (χ2v) is 12.9. The molecule has 3 aliphatic heterocycles. The van der Waals surface area contributed by atoms with Gasteiger partial charge in [-0.2, -0.15) is 0 Å². The summed E-state index contributed by atoms with van der Waals surface area (Å²) < 4.78 is 42.7. The van der Waals surface area contributed by atoms with Gasteiger partial charge in [0.25, 0.3) is 0 Å². The average Bonchev–Trinajstić information content (AvgIpc) is 3.60. The van der Waals surface area contributed by atoms with Gasteiger partial charge in [-0.25, -0.2) is 0 Å². The van der Waals surface area contributed by atoms with E-state index in [1.165, 1.54) is 6.92 Å². The molecule has 4 unspecified atom stereocenters. The molecule has 9 heteroatoms. The Labute approximate surface area is 212 Å². The molecule has 0 aromatic carbocycles. The molecule has 4 aliphatic carbocycles. The minimum atomic E-state index is -0.949. The zero-order valence-corrected chi connectivity index (χ0v) is 21.7. The molecule has 202 valence electrons. The molecule has 36 heavy (non-hydrogen) atoms. The molecule has 0 aromatic heterocycles. The number of rotatable bonds is 1. The molecule has 9 nitrogen and oxygen atoms in total. The highest BCUT2D eigenvalue weighted by molar-refractivity contribution is 5.66. The second kappa shape index (κ2) is 7.87. The van der Waals surface area contributed by atoms with Gasteiger partial charge >= 0.3 is 5.97 Å². The van der Waals surface area contributed by atoms with Gasteiger partial charge in [-0.15, -0.1) is 0 Å². The molecule has 1 N–H and O–H groups in total. The molecule has 0 amide bonds. The Morgan fingerprint density at radius 2 is 1.75 bits per heavy atom. The van der Waals surface area contributed by atoms with E-state index in [1.54, 1.807) is 0 Å². The summed E-state index contributed by atoms with van der Waals surface area (Å²) in [5.41, 5.74) is -1.20. The van der Waals surface area contributed by atoms with Crippen molar-refractivity contribution in [3.8, 4) is 0 Å². The fourth-order valence-corrected chi connectivity index (χ4v) is 10.3. The van der Waals surface area contributed by atoms with Crippen LogP contribution in [0.3, 0.4) is 0 Å². The van der Waals surface area contributed by atoms with Gasteiger partial charge in [0.15, 0.2) is 19.4 Å². The first-order valence-corrected chi connectivity index (χ1v) is 13.8. The van der Waals surface area contributed by atoms with Crippen molar-refractivity contribution in [3.05, 3.63) is 0 Å². The first-order valence-electron chi connectivity index (χ1n) is 13.8. The molecule has 3 heterocycles. The maximum atomic E-state index is 12.4. The number of hydrogen-bond donors (Lipinski definition) is 1. The van der Waals surface area contributed by atoms with Gasteiger partial charge in [0.1, 0.15) is 18.3 Å². The normalized spacial score (nSPS) is 55.1. The molecule has 0 radical (unpaired) electrons. The summed E-state index contributed by atoms with van der Waals surface area (Å²) in [6.07, 6.45) is 4.77. The van der Waals surface area contributed by atoms with Gasteiger partial charge < -0.3 is 38.3 Å². The van der Waals surface area contributed by atoms with Crippen molar-refractivity contribution in [3.63, 3.8) is 0 Å². The molecular formula is C27H40O9. The zero-order chi connectivity index (χ0) is 25.0. The van der Waals surface area contributed by atoms with Gasteiger partial charge in [0.2, 0.25) is 5.79 Å². The smallest absolute Gasteiger partial charge is 0.302 e. The van der Waals surface area contributed by atoms with Crippen molar-refractivity contribution < 1.29 is 43.1 Å². The summed E-state index contributed by atoms with van der Waals surface area (Å²) in [7, 11) is 0. The molecule has 10 atom stereocenters. The minimum Gasteiger partial charge on any atom is -0.462 e. The topological polar surface area (TPSA) is 102 Å². The van der Waals surface area contributed by atoms with E-state index in [4.69, 9.17) is 33.2 Å². The van der Waals surface area contributed by atoms with Crippen LogP contribution in [0.2, 0.25) is 0 Å². The van der Waals surface area contributed by atoms with Gasteiger partial charge in [0, 0.05) is 31.1 Å². The van der Waals surface area contributed by atoms with E-state index in [0.29, 0.717) is 26.2 Å². The summed E-state index contributed by atoms with van der Waals surface area (Å²) >= 11 is 0. The predicted octanol–water partition coefficient (Wildman–Crippen LogP) is 2.73. The van der Waals surface area contributed by atoms with E-state index in [0.717, 1.165) is 38.5 Å². The van der Waals surface area contributed by atoms with Gasteiger partial charge in [-0.05, 0) is 55.3 Å². The summed E-state index contributed by atoms with van der Waals surface area (Å²) in [4.78, 5) is 12.4. The quantitative estimate of drug-likeness (QED) is 0.536. The highest BCUT2D eigenvalue weighted by Crippen LogP contribution is 2.72. The summed E-state index contributed by atoms with van der Waals surface area (Å²) in [6.45, 7) is 8.00. The molecule has 7 aliphatic rings. The van der Waals surface area contributed by atoms with E-state index in [9.17, 15) is 9.90 Å². The Balaban J connectivity index is 1.28. The summed E-state index contributed by atoms with van der Waals surface area (Å²) in [5, 5.41) is 12.0. The second-order valence-electron chi connectivity index (χ2n) is 12.9. The number of ether oxygens (including phenoxy) is 7. The Kier molecular flexibility index (Phi) is 5.30. The lowest BCUT2D eigenvalue weighted by Gasteiger charge is -2.65. The predicted molar refractivity (Wildman–Crippen MR) is 123 cm³/mol. The molecule has 0 bridgehead atoms. The molecule has 7 fully saturated rings. The van der Waals surface area contributed by atoms with Gasteiger partial charge in [-0.3, -0.25) is 4.79 Å². The van der Waals surface area contributed by atoms with Crippen LogP contribution in [0.15, 0.2) is 0 Å². The Hall–Kier alpha value is -0.810. The minimum absolute atomic E-state index is 0.0200. The molecular weight excluding hydrogens is 468 g/mol. The highest BCUT2D eigenvalue weighted by atomic mass is 16.9.